The van der Waals surface area contributed by atoms with Crippen LogP contribution in [-0.2, 0) is 0 Å². The summed E-state index contributed by atoms with van der Waals surface area (Å²) in [4.78, 5) is 27.4. The smallest absolute Gasteiger partial charge is 0.259 e. The number of amides is 2. The predicted octanol–water partition coefficient (Wildman–Crippen LogP) is 5.01. The molecule has 5 nitrogen and oxygen atoms in total. The highest BCUT2D eigenvalue weighted by Gasteiger charge is 2.20. The first kappa shape index (κ1) is 20.2. The second-order valence-electron chi connectivity index (χ2n) is 7.16. The Labute approximate surface area is 170 Å². The Kier molecular flexibility index (Phi) is 6.57. The first-order valence-corrected chi connectivity index (χ1v) is 9.99. The first-order chi connectivity index (χ1) is 13.5. The molecule has 1 saturated heterocycles. The molecule has 2 aromatic carbocycles. The Morgan fingerprint density at radius 2 is 1.79 bits per heavy atom. The number of piperidine rings is 1. The summed E-state index contributed by atoms with van der Waals surface area (Å²) < 4.78 is 5.72. The van der Waals surface area contributed by atoms with E-state index >= 15 is 0 Å². The number of benzene rings is 2. The maximum absolute atomic E-state index is 12.8. The Bertz CT molecular complexity index is 861. The number of hydrogen-bond acceptors (Lipinski definition) is 3. The molecule has 0 spiro atoms. The third kappa shape index (κ3) is 4.84. The predicted molar refractivity (Wildman–Crippen MR) is 111 cm³/mol. The third-order valence-electron chi connectivity index (χ3n) is 4.60. The Hall–Kier alpha value is -2.53. The zero-order valence-corrected chi connectivity index (χ0v) is 17.0. The third-order valence-corrected chi connectivity index (χ3v) is 4.93. The van der Waals surface area contributed by atoms with Crippen molar-refractivity contribution in [3.05, 3.63) is 58.6 Å². The zero-order valence-electron chi connectivity index (χ0n) is 16.2. The number of nitrogens with zero attached hydrogens (tertiary/aromatic N) is 1. The number of rotatable bonds is 5. The standard InChI is InChI=1S/C22H25ClN2O3/c1-15(2)28-20-9-5-4-8-17(20)21(26)24-19-14-16(10-11-18(19)23)22(27)25-12-6-3-7-13-25/h4-5,8-11,14-15H,3,6-7,12-13H2,1-2H3,(H,24,26). The van der Waals surface area contributed by atoms with Crippen molar-refractivity contribution in [2.45, 2.75) is 39.2 Å². The maximum Gasteiger partial charge on any atom is 0.259 e. The second kappa shape index (κ2) is 9.11. The molecule has 0 atom stereocenters. The van der Waals surface area contributed by atoms with E-state index in [1.54, 1.807) is 36.4 Å². The molecular weight excluding hydrogens is 376 g/mol. The van der Waals surface area contributed by atoms with Gasteiger partial charge in [0.25, 0.3) is 11.8 Å². The van der Waals surface area contributed by atoms with Crippen LogP contribution in [-0.4, -0.2) is 35.9 Å². The topological polar surface area (TPSA) is 58.6 Å². The van der Waals surface area contributed by atoms with Crippen LogP contribution in [0.2, 0.25) is 5.02 Å². The SMILES string of the molecule is CC(C)Oc1ccccc1C(=O)Nc1cc(C(=O)N2CCCCC2)ccc1Cl. The molecule has 0 aliphatic carbocycles. The maximum atomic E-state index is 12.8. The van der Waals surface area contributed by atoms with Crippen molar-refractivity contribution in [2.24, 2.45) is 0 Å². The van der Waals surface area contributed by atoms with Gasteiger partial charge in [-0.15, -0.1) is 0 Å². The molecule has 2 aromatic rings. The average molecular weight is 401 g/mol. The lowest BCUT2D eigenvalue weighted by atomic mass is 10.1. The molecule has 1 fully saturated rings. The van der Waals surface area contributed by atoms with Gasteiger partial charge in [-0.25, -0.2) is 0 Å². The van der Waals surface area contributed by atoms with Gasteiger partial charge in [0, 0.05) is 18.7 Å². The number of likely N-dealkylation sites (tertiary alicyclic amines) is 1. The fourth-order valence-corrected chi connectivity index (χ4v) is 3.40. The first-order valence-electron chi connectivity index (χ1n) is 9.61. The van der Waals surface area contributed by atoms with Crippen molar-refractivity contribution in [1.82, 2.24) is 4.90 Å². The van der Waals surface area contributed by atoms with Crippen LogP contribution in [0.3, 0.4) is 0 Å². The minimum atomic E-state index is -0.333. The molecule has 1 heterocycles. The number of halogens is 1. The molecule has 0 aromatic heterocycles. The van der Waals surface area contributed by atoms with E-state index in [1.165, 1.54) is 0 Å². The van der Waals surface area contributed by atoms with Crippen LogP contribution in [0.15, 0.2) is 42.5 Å². The average Bonchev–Trinajstić information content (AvgIpc) is 2.69. The highest BCUT2D eigenvalue weighted by Crippen LogP contribution is 2.27. The van der Waals surface area contributed by atoms with Crippen molar-refractivity contribution in [1.29, 1.82) is 0 Å². The minimum Gasteiger partial charge on any atom is -0.490 e. The molecule has 0 radical (unpaired) electrons. The van der Waals surface area contributed by atoms with Gasteiger partial charge in [0.1, 0.15) is 5.75 Å². The fourth-order valence-electron chi connectivity index (χ4n) is 3.23. The van der Waals surface area contributed by atoms with Crippen LogP contribution >= 0.6 is 11.6 Å². The van der Waals surface area contributed by atoms with E-state index < -0.39 is 0 Å². The van der Waals surface area contributed by atoms with Gasteiger partial charge in [-0.05, 0) is 63.4 Å². The molecule has 6 heteroatoms. The van der Waals surface area contributed by atoms with Gasteiger partial charge in [-0.1, -0.05) is 23.7 Å². The van der Waals surface area contributed by atoms with Crippen LogP contribution in [0.1, 0.15) is 53.8 Å². The van der Waals surface area contributed by atoms with Gasteiger partial charge >= 0.3 is 0 Å². The molecule has 0 saturated carbocycles. The second-order valence-corrected chi connectivity index (χ2v) is 7.57. The van der Waals surface area contributed by atoms with Gasteiger partial charge in [-0.2, -0.15) is 0 Å². The van der Waals surface area contributed by atoms with Crippen LogP contribution in [0.4, 0.5) is 5.69 Å². The van der Waals surface area contributed by atoms with E-state index in [-0.39, 0.29) is 17.9 Å². The molecule has 1 aliphatic rings. The van der Waals surface area contributed by atoms with E-state index in [4.69, 9.17) is 16.3 Å². The van der Waals surface area contributed by atoms with E-state index in [9.17, 15) is 9.59 Å². The van der Waals surface area contributed by atoms with Crippen LogP contribution in [0.5, 0.6) is 5.75 Å². The van der Waals surface area contributed by atoms with Gasteiger partial charge in [0.15, 0.2) is 0 Å². The van der Waals surface area contributed by atoms with Crippen LogP contribution in [0.25, 0.3) is 0 Å². The van der Waals surface area contributed by atoms with Crippen LogP contribution in [0, 0.1) is 0 Å². The van der Waals surface area contributed by atoms with E-state index in [2.05, 4.69) is 5.32 Å². The van der Waals surface area contributed by atoms with Gasteiger partial charge < -0.3 is 15.0 Å². The Morgan fingerprint density at radius 3 is 2.50 bits per heavy atom. The van der Waals surface area contributed by atoms with Crippen molar-refractivity contribution in [3.8, 4) is 5.75 Å². The summed E-state index contributed by atoms with van der Waals surface area (Å²) in [6.45, 7) is 5.34. The summed E-state index contributed by atoms with van der Waals surface area (Å²) in [7, 11) is 0. The molecule has 2 amide bonds. The van der Waals surface area contributed by atoms with Crippen molar-refractivity contribution in [2.75, 3.05) is 18.4 Å². The molecule has 0 bridgehead atoms. The summed E-state index contributed by atoms with van der Waals surface area (Å²) in [6.07, 6.45) is 3.15. The number of anilines is 1. The lowest BCUT2D eigenvalue weighted by Gasteiger charge is -2.27. The van der Waals surface area contributed by atoms with Crippen molar-refractivity contribution in [3.63, 3.8) is 0 Å². The monoisotopic (exact) mass is 400 g/mol. The van der Waals surface area contributed by atoms with Gasteiger partial charge in [-0.3, -0.25) is 9.59 Å². The van der Waals surface area contributed by atoms with Gasteiger partial charge in [0.2, 0.25) is 0 Å². The highest BCUT2D eigenvalue weighted by atomic mass is 35.5. The number of para-hydroxylation sites is 1. The number of carbonyl (C=O) groups is 2. The quantitative estimate of drug-likeness (QED) is 0.767. The number of ether oxygens (including phenoxy) is 1. The highest BCUT2D eigenvalue weighted by molar-refractivity contribution is 6.34. The molecule has 1 N–H and O–H groups in total. The fraction of sp³-hybridized carbons (Fsp3) is 0.364. The summed E-state index contributed by atoms with van der Waals surface area (Å²) in [5.41, 5.74) is 1.35. The molecule has 3 rings (SSSR count). The number of hydrogen-bond donors (Lipinski definition) is 1. The van der Waals surface area contributed by atoms with Gasteiger partial charge in [0.05, 0.1) is 22.4 Å². The zero-order chi connectivity index (χ0) is 20.1. The van der Waals surface area contributed by atoms with Crippen LogP contribution < -0.4 is 10.1 Å². The normalized spacial score (nSPS) is 14.1. The largest absolute Gasteiger partial charge is 0.490 e. The van der Waals surface area contributed by atoms with Crippen molar-refractivity contribution >= 4 is 29.1 Å². The summed E-state index contributed by atoms with van der Waals surface area (Å²) in [6, 6.07) is 12.0. The number of carbonyl (C=O) groups excluding carboxylic acids is 2. The van der Waals surface area contributed by atoms with E-state index in [0.717, 1.165) is 32.4 Å². The summed E-state index contributed by atoms with van der Waals surface area (Å²) in [5.74, 6) is 0.141. The lowest BCUT2D eigenvalue weighted by molar-refractivity contribution is 0.0724. The van der Waals surface area contributed by atoms with E-state index in [0.29, 0.717) is 27.6 Å². The number of nitrogens with one attached hydrogen (secondary N) is 1. The molecule has 1 aliphatic heterocycles. The summed E-state index contributed by atoms with van der Waals surface area (Å²) in [5, 5.41) is 3.20. The Morgan fingerprint density at radius 1 is 1.07 bits per heavy atom. The van der Waals surface area contributed by atoms with E-state index in [1.807, 2.05) is 24.8 Å². The van der Waals surface area contributed by atoms with Crippen molar-refractivity contribution < 1.29 is 14.3 Å². The minimum absolute atomic E-state index is 0.0320. The Balaban J connectivity index is 1.80. The molecular formula is C22H25ClN2O3. The molecule has 148 valence electrons. The summed E-state index contributed by atoms with van der Waals surface area (Å²) >= 11 is 6.27. The molecule has 0 unspecified atom stereocenters. The molecule has 28 heavy (non-hydrogen) atoms. The lowest BCUT2D eigenvalue weighted by Crippen LogP contribution is -2.35.